The van der Waals surface area contributed by atoms with E-state index >= 15 is 0 Å². The topological polar surface area (TPSA) is 90.5 Å². The number of primary amides is 1. The van der Waals surface area contributed by atoms with Crippen molar-refractivity contribution in [1.29, 1.82) is 0 Å². The van der Waals surface area contributed by atoms with Crippen LogP contribution in [0.4, 0.5) is 0 Å². The average Bonchev–Trinajstić information content (AvgIpc) is 2.88. The van der Waals surface area contributed by atoms with E-state index in [2.05, 4.69) is 4.98 Å². The quantitative estimate of drug-likeness (QED) is 0.863. The predicted molar refractivity (Wildman–Crippen MR) is 78.9 cm³/mol. The number of amides is 2. The molecule has 3 rings (SSSR count). The predicted octanol–water partition coefficient (Wildman–Crippen LogP) is 0.529. The molecule has 0 bridgehead atoms. The summed E-state index contributed by atoms with van der Waals surface area (Å²) >= 11 is 0. The number of carbonyl (C=O) groups excluding carboxylic acids is 2. The second-order valence-corrected chi connectivity index (χ2v) is 6.63. The van der Waals surface area contributed by atoms with Gasteiger partial charge in [-0.2, -0.15) is 0 Å². The number of fused-ring (bicyclic) bond motifs is 1. The van der Waals surface area contributed by atoms with E-state index < -0.39 is 5.91 Å². The molecule has 0 aliphatic carbocycles. The Balaban J connectivity index is 1.72. The first-order chi connectivity index (χ1) is 10.4. The Morgan fingerprint density at radius 3 is 2.86 bits per heavy atom. The maximum Gasteiger partial charge on any atom is 0.266 e. The first-order valence-corrected chi connectivity index (χ1v) is 7.64. The van der Waals surface area contributed by atoms with Crippen LogP contribution < -0.4 is 5.73 Å². The number of imidazole rings is 1. The molecule has 0 unspecified atom stereocenters. The summed E-state index contributed by atoms with van der Waals surface area (Å²) in [6.07, 6.45) is 2.99. The van der Waals surface area contributed by atoms with E-state index in [1.807, 2.05) is 18.7 Å². The molecule has 0 spiro atoms. The third-order valence-corrected chi connectivity index (χ3v) is 4.47. The molecule has 2 N–H and O–H groups in total. The van der Waals surface area contributed by atoms with Crippen LogP contribution in [0.15, 0.2) is 6.20 Å². The number of hydrogen-bond donors (Lipinski definition) is 1. The zero-order valence-electron chi connectivity index (χ0n) is 13.0. The van der Waals surface area contributed by atoms with E-state index in [-0.39, 0.29) is 17.4 Å². The number of aromatic nitrogens is 2. The minimum atomic E-state index is -0.482. The summed E-state index contributed by atoms with van der Waals surface area (Å²) in [5, 5.41) is 0. The Hall–Kier alpha value is -1.89. The van der Waals surface area contributed by atoms with Gasteiger partial charge in [0.25, 0.3) is 5.91 Å². The number of carbonyl (C=O) groups is 2. The summed E-state index contributed by atoms with van der Waals surface area (Å²) in [6.45, 7) is 6.25. The molecule has 0 aromatic carbocycles. The number of ether oxygens (including phenoxy) is 1. The Morgan fingerprint density at radius 1 is 1.41 bits per heavy atom. The van der Waals surface area contributed by atoms with Crippen molar-refractivity contribution in [3.8, 4) is 0 Å². The largest absolute Gasteiger partial charge is 0.376 e. The normalized spacial score (nSPS) is 23.9. The molecule has 22 heavy (non-hydrogen) atoms. The third kappa shape index (κ3) is 2.72. The van der Waals surface area contributed by atoms with Crippen LogP contribution in [-0.2, 0) is 22.6 Å². The van der Waals surface area contributed by atoms with Crippen molar-refractivity contribution in [1.82, 2.24) is 14.5 Å². The summed E-state index contributed by atoms with van der Waals surface area (Å²) in [5.41, 5.74) is 5.50. The van der Waals surface area contributed by atoms with Crippen LogP contribution in [0.25, 0.3) is 0 Å². The number of nitrogens with two attached hydrogens (primary N) is 1. The fourth-order valence-corrected chi connectivity index (χ4v) is 3.35. The van der Waals surface area contributed by atoms with Crippen molar-refractivity contribution in [2.24, 2.45) is 11.7 Å². The van der Waals surface area contributed by atoms with Gasteiger partial charge in [-0.1, -0.05) is 0 Å². The van der Waals surface area contributed by atoms with Gasteiger partial charge < -0.3 is 19.9 Å². The van der Waals surface area contributed by atoms with Crippen LogP contribution in [0.5, 0.6) is 0 Å². The third-order valence-electron chi connectivity index (χ3n) is 4.47. The lowest BCUT2D eigenvalue weighted by molar-refractivity contribution is -0.146. The molecule has 2 aliphatic heterocycles. The van der Waals surface area contributed by atoms with Gasteiger partial charge in [0.1, 0.15) is 11.5 Å². The Labute approximate surface area is 129 Å². The molecule has 1 atom stereocenters. The molecule has 1 saturated heterocycles. The number of hydrogen-bond acceptors (Lipinski definition) is 4. The van der Waals surface area contributed by atoms with Crippen molar-refractivity contribution in [3.05, 3.63) is 17.7 Å². The fraction of sp³-hybridized carbons (Fsp3) is 0.667. The molecule has 0 saturated carbocycles. The van der Waals surface area contributed by atoms with Gasteiger partial charge in [-0.05, 0) is 26.7 Å². The van der Waals surface area contributed by atoms with E-state index in [1.165, 1.54) is 6.20 Å². The van der Waals surface area contributed by atoms with Crippen LogP contribution in [0, 0.1) is 5.92 Å². The molecule has 1 fully saturated rings. The van der Waals surface area contributed by atoms with Gasteiger partial charge in [0.15, 0.2) is 0 Å². The van der Waals surface area contributed by atoms with Crippen LogP contribution in [0.2, 0.25) is 0 Å². The maximum atomic E-state index is 12.7. The van der Waals surface area contributed by atoms with Crippen LogP contribution in [0.3, 0.4) is 0 Å². The second kappa shape index (κ2) is 5.39. The summed E-state index contributed by atoms with van der Waals surface area (Å²) in [4.78, 5) is 30.1. The van der Waals surface area contributed by atoms with E-state index in [9.17, 15) is 9.59 Å². The van der Waals surface area contributed by atoms with Gasteiger partial charge in [-0.3, -0.25) is 9.59 Å². The molecule has 3 heterocycles. The zero-order chi connectivity index (χ0) is 15.9. The SMILES string of the molecule is CC1(C)C[C@@H](C(=O)N2CCn3c(C(N)=O)cnc3C2)CCO1. The fourth-order valence-electron chi connectivity index (χ4n) is 3.35. The first kappa shape index (κ1) is 15.0. The summed E-state index contributed by atoms with van der Waals surface area (Å²) < 4.78 is 7.49. The van der Waals surface area contributed by atoms with Crippen LogP contribution >= 0.6 is 0 Å². The highest BCUT2D eigenvalue weighted by molar-refractivity contribution is 5.91. The van der Waals surface area contributed by atoms with Crippen molar-refractivity contribution in [2.75, 3.05) is 13.2 Å². The molecule has 0 radical (unpaired) electrons. The highest BCUT2D eigenvalue weighted by atomic mass is 16.5. The smallest absolute Gasteiger partial charge is 0.266 e. The summed E-state index contributed by atoms with van der Waals surface area (Å²) in [5.74, 6) is 0.400. The lowest BCUT2D eigenvalue weighted by Gasteiger charge is -2.38. The number of rotatable bonds is 2. The van der Waals surface area contributed by atoms with Gasteiger partial charge in [0.2, 0.25) is 5.91 Å². The van der Waals surface area contributed by atoms with E-state index in [0.717, 1.165) is 18.7 Å². The highest BCUT2D eigenvalue weighted by Gasteiger charge is 2.36. The minimum Gasteiger partial charge on any atom is -0.376 e. The van der Waals surface area contributed by atoms with Crippen molar-refractivity contribution in [2.45, 2.75) is 45.4 Å². The molecular formula is C15H22N4O3. The Morgan fingerprint density at radius 2 is 2.18 bits per heavy atom. The molecule has 1 aromatic rings. The van der Waals surface area contributed by atoms with Gasteiger partial charge >= 0.3 is 0 Å². The van der Waals surface area contributed by atoms with Crippen molar-refractivity contribution in [3.63, 3.8) is 0 Å². The molecule has 2 amide bonds. The van der Waals surface area contributed by atoms with E-state index in [1.54, 1.807) is 4.57 Å². The van der Waals surface area contributed by atoms with Crippen molar-refractivity contribution < 1.29 is 14.3 Å². The second-order valence-electron chi connectivity index (χ2n) is 6.63. The molecule has 120 valence electrons. The maximum absolute atomic E-state index is 12.7. The summed E-state index contributed by atoms with van der Waals surface area (Å²) in [7, 11) is 0. The first-order valence-electron chi connectivity index (χ1n) is 7.64. The molecule has 7 nitrogen and oxygen atoms in total. The van der Waals surface area contributed by atoms with Crippen LogP contribution in [0.1, 0.15) is 43.0 Å². The minimum absolute atomic E-state index is 0.000808. The Bertz CT molecular complexity index is 608. The van der Waals surface area contributed by atoms with E-state index in [0.29, 0.717) is 31.9 Å². The molecular weight excluding hydrogens is 284 g/mol. The van der Waals surface area contributed by atoms with Gasteiger partial charge in [0.05, 0.1) is 18.3 Å². The average molecular weight is 306 g/mol. The zero-order valence-corrected chi connectivity index (χ0v) is 13.0. The van der Waals surface area contributed by atoms with Gasteiger partial charge in [-0.15, -0.1) is 0 Å². The van der Waals surface area contributed by atoms with Crippen molar-refractivity contribution >= 4 is 11.8 Å². The monoisotopic (exact) mass is 306 g/mol. The lowest BCUT2D eigenvalue weighted by Crippen LogP contribution is -2.46. The standard InChI is InChI=1S/C15H22N4O3/c1-15(2)7-10(3-6-22-15)14(21)18-4-5-19-11(13(16)20)8-17-12(19)9-18/h8,10H,3-7,9H2,1-2H3,(H2,16,20)/t10-/m0/s1. The molecule has 2 aliphatic rings. The summed E-state index contributed by atoms with van der Waals surface area (Å²) in [6, 6.07) is 0. The van der Waals surface area contributed by atoms with Crippen LogP contribution in [-0.4, -0.2) is 45.0 Å². The number of nitrogens with zero attached hydrogens (tertiary/aromatic N) is 3. The lowest BCUT2D eigenvalue weighted by atomic mass is 9.87. The molecule has 1 aromatic heterocycles. The molecule has 7 heteroatoms. The van der Waals surface area contributed by atoms with Gasteiger partial charge in [0, 0.05) is 25.6 Å². The highest BCUT2D eigenvalue weighted by Crippen LogP contribution is 2.30. The Kier molecular flexibility index (Phi) is 3.68. The van der Waals surface area contributed by atoms with Gasteiger partial charge in [-0.25, -0.2) is 4.98 Å². The van der Waals surface area contributed by atoms with E-state index in [4.69, 9.17) is 10.5 Å².